The number of nitrogens with zero attached hydrogens (tertiary/aromatic N) is 5. The molecule has 0 saturated heterocycles. The number of halogens is 1. The molecule has 0 atom stereocenters. The van der Waals surface area contributed by atoms with E-state index in [-0.39, 0.29) is 0 Å². The molecule has 0 fully saturated rings. The SMILES string of the molecule is Clc1cccc(-c2cnc3ccc(NCCc4cnccn4)nn23)c1. The Morgan fingerprint density at radius 2 is 2.00 bits per heavy atom. The van der Waals surface area contributed by atoms with Crippen LogP contribution in [0.5, 0.6) is 0 Å². The van der Waals surface area contributed by atoms with Crippen LogP contribution in [0.4, 0.5) is 5.82 Å². The first-order chi connectivity index (χ1) is 12.3. The van der Waals surface area contributed by atoms with Crippen LogP contribution in [0.15, 0.2) is 61.2 Å². The lowest BCUT2D eigenvalue weighted by Crippen LogP contribution is -2.09. The number of imidazole rings is 1. The van der Waals surface area contributed by atoms with Crippen LogP contribution >= 0.6 is 11.6 Å². The smallest absolute Gasteiger partial charge is 0.154 e. The maximum atomic E-state index is 6.10. The molecule has 0 aliphatic rings. The van der Waals surface area contributed by atoms with E-state index in [0.29, 0.717) is 5.02 Å². The molecule has 0 aliphatic carbocycles. The Kier molecular flexibility index (Phi) is 4.26. The van der Waals surface area contributed by atoms with Gasteiger partial charge in [-0.15, -0.1) is 5.10 Å². The highest BCUT2D eigenvalue weighted by molar-refractivity contribution is 6.30. The van der Waals surface area contributed by atoms with Crippen LogP contribution in [0.2, 0.25) is 5.02 Å². The van der Waals surface area contributed by atoms with E-state index in [1.165, 1.54) is 0 Å². The minimum absolute atomic E-state index is 0.686. The van der Waals surface area contributed by atoms with Crippen molar-refractivity contribution in [3.8, 4) is 11.3 Å². The van der Waals surface area contributed by atoms with Crippen molar-refractivity contribution in [2.75, 3.05) is 11.9 Å². The largest absolute Gasteiger partial charge is 0.368 e. The van der Waals surface area contributed by atoms with Gasteiger partial charge >= 0.3 is 0 Å². The highest BCUT2D eigenvalue weighted by atomic mass is 35.5. The molecular weight excluding hydrogens is 336 g/mol. The van der Waals surface area contributed by atoms with Crippen molar-refractivity contribution in [2.24, 2.45) is 0 Å². The molecule has 0 aliphatic heterocycles. The minimum Gasteiger partial charge on any atom is -0.368 e. The Labute approximate surface area is 149 Å². The summed E-state index contributed by atoms with van der Waals surface area (Å²) in [5, 5.41) is 8.63. The van der Waals surface area contributed by atoms with Gasteiger partial charge in [-0.05, 0) is 24.3 Å². The average molecular weight is 351 g/mol. The summed E-state index contributed by atoms with van der Waals surface area (Å²) in [6, 6.07) is 11.5. The number of hydrogen-bond acceptors (Lipinski definition) is 5. The molecule has 0 saturated carbocycles. The van der Waals surface area contributed by atoms with Crippen molar-refractivity contribution in [1.82, 2.24) is 24.6 Å². The highest BCUT2D eigenvalue weighted by Crippen LogP contribution is 2.23. The van der Waals surface area contributed by atoms with Crippen LogP contribution in [-0.4, -0.2) is 31.1 Å². The first kappa shape index (κ1) is 15.5. The molecule has 1 N–H and O–H groups in total. The van der Waals surface area contributed by atoms with Crippen molar-refractivity contribution in [3.05, 3.63) is 71.9 Å². The van der Waals surface area contributed by atoms with Crippen LogP contribution in [0.1, 0.15) is 5.69 Å². The molecule has 3 heterocycles. The predicted molar refractivity (Wildman–Crippen MR) is 97.7 cm³/mol. The standard InChI is InChI=1S/C18H15ClN6/c19-14-3-1-2-13(10-14)16-12-23-18-5-4-17(24-25(16)18)22-7-6-15-11-20-8-9-21-15/h1-5,8-12H,6-7H2,(H,22,24). The van der Waals surface area contributed by atoms with Crippen LogP contribution in [0, 0.1) is 0 Å². The lowest BCUT2D eigenvalue weighted by atomic mass is 10.2. The van der Waals surface area contributed by atoms with Gasteiger partial charge < -0.3 is 5.32 Å². The zero-order valence-corrected chi connectivity index (χ0v) is 14.1. The number of aromatic nitrogens is 5. The number of rotatable bonds is 5. The summed E-state index contributed by atoms with van der Waals surface area (Å²) in [5.41, 5.74) is 3.60. The monoisotopic (exact) mass is 350 g/mol. The number of nitrogens with one attached hydrogen (secondary N) is 1. The summed E-state index contributed by atoms with van der Waals surface area (Å²) >= 11 is 6.10. The van der Waals surface area contributed by atoms with Crippen molar-refractivity contribution in [1.29, 1.82) is 0 Å². The van der Waals surface area contributed by atoms with Gasteiger partial charge in [-0.25, -0.2) is 9.50 Å². The van der Waals surface area contributed by atoms with E-state index in [9.17, 15) is 0 Å². The number of fused-ring (bicyclic) bond motifs is 1. The molecule has 0 radical (unpaired) electrons. The zero-order valence-electron chi connectivity index (χ0n) is 13.3. The van der Waals surface area contributed by atoms with E-state index >= 15 is 0 Å². The fourth-order valence-electron chi connectivity index (χ4n) is 2.59. The number of hydrogen-bond donors (Lipinski definition) is 1. The second-order valence-electron chi connectivity index (χ2n) is 5.52. The van der Waals surface area contributed by atoms with Gasteiger partial charge in [-0.2, -0.15) is 0 Å². The fourth-order valence-corrected chi connectivity index (χ4v) is 2.78. The predicted octanol–water partition coefficient (Wildman–Crippen LogP) is 3.49. The summed E-state index contributed by atoms with van der Waals surface area (Å²) in [6.45, 7) is 0.721. The molecule has 4 aromatic rings. The van der Waals surface area contributed by atoms with Gasteiger partial charge in [-0.1, -0.05) is 23.7 Å². The topological polar surface area (TPSA) is 68.0 Å². The third kappa shape index (κ3) is 3.44. The molecule has 124 valence electrons. The van der Waals surface area contributed by atoms with E-state index in [1.807, 2.05) is 40.9 Å². The van der Waals surface area contributed by atoms with Crippen LogP contribution in [0.3, 0.4) is 0 Å². The van der Waals surface area contributed by atoms with Crippen molar-refractivity contribution in [2.45, 2.75) is 6.42 Å². The zero-order chi connectivity index (χ0) is 17.1. The minimum atomic E-state index is 0.686. The third-order valence-corrected chi connectivity index (χ3v) is 4.02. The fraction of sp³-hybridized carbons (Fsp3) is 0.111. The average Bonchev–Trinajstić information content (AvgIpc) is 3.06. The molecule has 0 unspecified atom stereocenters. The first-order valence-corrected chi connectivity index (χ1v) is 8.27. The highest BCUT2D eigenvalue weighted by Gasteiger charge is 2.08. The molecule has 1 aromatic carbocycles. The maximum absolute atomic E-state index is 6.10. The summed E-state index contributed by atoms with van der Waals surface area (Å²) < 4.78 is 1.82. The lowest BCUT2D eigenvalue weighted by molar-refractivity contribution is 0.901. The van der Waals surface area contributed by atoms with Gasteiger partial charge in [0.15, 0.2) is 5.65 Å². The Balaban J connectivity index is 1.56. The summed E-state index contributed by atoms with van der Waals surface area (Å²) in [5.74, 6) is 0.776. The van der Waals surface area contributed by atoms with Gasteiger partial charge in [-0.3, -0.25) is 9.97 Å². The van der Waals surface area contributed by atoms with E-state index in [1.54, 1.807) is 24.8 Å². The Hall–Kier alpha value is -2.99. The quantitative estimate of drug-likeness (QED) is 0.596. The van der Waals surface area contributed by atoms with Crippen LogP contribution in [-0.2, 0) is 6.42 Å². The third-order valence-electron chi connectivity index (χ3n) is 3.79. The number of anilines is 1. The molecule has 0 amide bonds. The van der Waals surface area contributed by atoms with E-state index in [2.05, 4.69) is 25.4 Å². The second kappa shape index (κ2) is 6.86. The molecule has 6 nitrogen and oxygen atoms in total. The van der Waals surface area contributed by atoms with Gasteiger partial charge in [0.25, 0.3) is 0 Å². The normalized spacial score (nSPS) is 10.9. The Morgan fingerprint density at radius 3 is 2.84 bits per heavy atom. The van der Waals surface area contributed by atoms with Gasteiger partial charge in [0.2, 0.25) is 0 Å². The van der Waals surface area contributed by atoms with Crippen molar-refractivity contribution in [3.63, 3.8) is 0 Å². The lowest BCUT2D eigenvalue weighted by Gasteiger charge is -2.07. The second-order valence-corrected chi connectivity index (χ2v) is 5.95. The maximum Gasteiger partial charge on any atom is 0.154 e. The molecule has 0 spiro atoms. The Morgan fingerprint density at radius 1 is 1.04 bits per heavy atom. The van der Waals surface area contributed by atoms with Crippen LogP contribution < -0.4 is 5.32 Å². The van der Waals surface area contributed by atoms with E-state index < -0.39 is 0 Å². The summed E-state index contributed by atoms with van der Waals surface area (Å²) in [7, 11) is 0. The summed E-state index contributed by atoms with van der Waals surface area (Å²) in [6.07, 6.45) is 7.71. The molecule has 4 rings (SSSR count). The Bertz CT molecular complexity index is 999. The van der Waals surface area contributed by atoms with Crippen molar-refractivity contribution >= 4 is 23.1 Å². The molecule has 7 heteroatoms. The molecule has 0 bridgehead atoms. The van der Waals surface area contributed by atoms with Gasteiger partial charge in [0.1, 0.15) is 5.82 Å². The molecular formula is C18H15ClN6. The van der Waals surface area contributed by atoms with Gasteiger partial charge in [0.05, 0.1) is 17.6 Å². The number of benzene rings is 1. The summed E-state index contributed by atoms with van der Waals surface area (Å²) in [4.78, 5) is 12.7. The molecule has 25 heavy (non-hydrogen) atoms. The van der Waals surface area contributed by atoms with E-state index in [4.69, 9.17) is 11.6 Å². The van der Waals surface area contributed by atoms with Gasteiger partial charge in [0, 0.05) is 42.1 Å². The van der Waals surface area contributed by atoms with E-state index in [0.717, 1.165) is 41.4 Å². The van der Waals surface area contributed by atoms with Crippen LogP contribution in [0.25, 0.3) is 16.9 Å². The first-order valence-electron chi connectivity index (χ1n) is 7.89. The van der Waals surface area contributed by atoms with Crippen molar-refractivity contribution < 1.29 is 0 Å². The molecule has 3 aromatic heterocycles.